The van der Waals surface area contributed by atoms with E-state index in [1.54, 1.807) is 12.1 Å². The van der Waals surface area contributed by atoms with Gasteiger partial charge in [0.15, 0.2) is 0 Å². The molecule has 0 radical (unpaired) electrons. The lowest BCUT2D eigenvalue weighted by atomic mass is 9.93. The molecule has 26 heavy (non-hydrogen) atoms. The number of carbonyl (C=O) groups is 1. The third kappa shape index (κ3) is 4.30. The number of benzene rings is 1. The van der Waals surface area contributed by atoms with Gasteiger partial charge in [0.2, 0.25) is 5.88 Å². The molecule has 1 aliphatic rings. The van der Waals surface area contributed by atoms with Crippen LogP contribution < -0.4 is 4.74 Å². The smallest absolute Gasteiger partial charge is 0.407 e. The summed E-state index contributed by atoms with van der Waals surface area (Å²) in [5.41, 5.74) is 0.638. The van der Waals surface area contributed by atoms with Crippen LogP contribution in [0.15, 0.2) is 34.8 Å². The van der Waals surface area contributed by atoms with E-state index in [0.29, 0.717) is 30.4 Å². The summed E-state index contributed by atoms with van der Waals surface area (Å²) >= 11 is 3.04. The van der Waals surface area contributed by atoms with Gasteiger partial charge in [0.1, 0.15) is 18.2 Å². The Labute approximate surface area is 157 Å². The van der Waals surface area contributed by atoms with Crippen LogP contribution in [0.5, 0.6) is 5.88 Å². The highest BCUT2D eigenvalue weighted by molar-refractivity contribution is 9.10. The molecule has 0 saturated carbocycles. The number of pyridine rings is 1. The van der Waals surface area contributed by atoms with Crippen LogP contribution in [-0.4, -0.2) is 34.2 Å². The van der Waals surface area contributed by atoms with E-state index in [2.05, 4.69) is 20.9 Å². The predicted octanol–water partition coefficient (Wildman–Crippen LogP) is 4.56. The van der Waals surface area contributed by atoms with Gasteiger partial charge < -0.3 is 14.7 Å². The standard InChI is InChI=1S/C18H17BrF2N2O3/c19-12-8-14(20)13(15(21)9-12)10-26-17-3-1-2-16(22-17)11-4-6-23(7-5-11)18(24)25/h1-3,8-9,11H,4-7,10H2,(H,24,25). The second-order valence-corrected chi connectivity index (χ2v) is 7.00. The summed E-state index contributed by atoms with van der Waals surface area (Å²) in [5, 5.41) is 9.01. The summed E-state index contributed by atoms with van der Waals surface area (Å²) in [4.78, 5) is 16.8. The molecule has 8 heteroatoms. The maximum Gasteiger partial charge on any atom is 0.407 e. The molecule has 2 aromatic rings. The molecule has 0 aliphatic carbocycles. The summed E-state index contributed by atoms with van der Waals surface area (Å²) < 4.78 is 33.5. The summed E-state index contributed by atoms with van der Waals surface area (Å²) in [6.45, 7) is 0.656. The molecule has 1 saturated heterocycles. The van der Waals surface area contributed by atoms with E-state index in [4.69, 9.17) is 9.84 Å². The first kappa shape index (κ1) is 18.6. The maximum absolute atomic E-state index is 13.9. The number of hydrogen-bond acceptors (Lipinski definition) is 3. The molecular weight excluding hydrogens is 410 g/mol. The van der Waals surface area contributed by atoms with Crippen LogP contribution in [0.25, 0.3) is 0 Å². The third-order valence-corrected chi connectivity index (χ3v) is 4.86. The van der Waals surface area contributed by atoms with Crippen molar-refractivity contribution in [3.63, 3.8) is 0 Å². The number of nitrogens with zero attached hydrogens (tertiary/aromatic N) is 2. The number of halogens is 3. The van der Waals surface area contributed by atoms with E-state index in [9.17, 15) is 13.6 Å². The van der Waals surface area contributed by atoms with E-state index in [1.165, 1.54) is 17.0 Å². The van der Waals surface area contributed by atoms with E-state index in [1.807, 2.05) is 6.07 Å². The van der Waals surface area contributed by atoms with Gasteiger partial charge in [-0.15, -0.1) is 0 Å². The number of piperidine rings is 1. The van der Waals surface area contributed by atoms with Crippen LogP contribution >= 0.6 is 15.9 Å². The van der Waals surface area contributed by atoms with Crippen LogP contribution in [-0.2, 0) is 6.61 Å². The molecule has 0 spiro atoms. The Balaban J connectivity index is 1.66. The van der Waals surface area contributed by atoms with Gasteiger partial charge in [-0.3, -0.25) is 0 Å². The van der Waals surface area contributed by atoms with Crippen molar-refractivity contribution in [3.05, 3.63) is 57.7 Å². The Morgan fingerprint density at radius 1 is 1.27 bits per heavy atom. The highest BCUT2D eigenvalue weighted by atomic mass is 79.9. The molecule has 3 rings (SSSR count). The fourth-order valence-corrected chi connectivity index (χ4v) is 3.36. The highest BCUT2D eigenvalue weighted by Gasteiger charge is 2.24. The van der Waals surface area contributed by atoms with E-state index in [-0.39, 0.29) is 24.0 Å². The summed E-state index contributed by atoms with van der Waals surface area (Å²) in [6.07, 6.45) is 0.448. The van der Waals surface area contributed by atoms with Crippen molar-refractivity contribution >= 4 is 22.0 Å². The quantitative estimate of drug-likeness (QED) is 0.778. The van der Waals surface area contributed by atoms with Crippen molar-refractivity contribution in [1.29, 1.82) is 0 Å². The van der Waals surface area contributed by atoms with Gasteiger partial charge in [-0.1, -0.05) is 22.0 Å². The Bertz CT molecular complexity index is 788. The van der Waals surface area contributed by atoms with Crippen LogP contribution in [0.3, 0.4) is 0 Å². The largest absolute Gasteiger partial charge is 0.473 e. The van der Waals surface area contributed by atoms with Crippen molar-refractivity contribution < 1.29 is 23.4 Å². The first-order valence-corrected chi connectivity index (χ1v) is 8.94. The van der Waals surface area contributed by atoms with Gasteiger partial charge in [-0.05, 0) is 31.0 Å². The zero-order chi connectivity index (χ0) is 18.7. The second-order valence-electron chi connectivity index (χ2n) is 6.08. The minimum Gasteiger partial charge on any atom is -0.473 e. The SMILES string of the molecule is O=C(O)N1CCC(c2cccc(OCc3c(F)cc(Br)cc3F)n2)CC1. The lowest BCUT2D eigenvalue weighted by molar-refractivity contribution is 0.131. The molecule has 1 fully saturated rings. The fourth-order valence-electron chi connectivity index (χ4n) is 2.96. The summed E-state index contributed by atoms with van der Waals surface area (Å²) in [7, 11) is 0. The number of amides is 1. The van der Waals surface area contributed by atoms with E-state index >= 15 is 0 Å². The number of hydrogen-bond donors (Lipinski definition) is 1. The lowest BCUT2D eigenvalue weighted by Crippen LogP contribution is -2.36. The minimum atomic E-state index is -0.910. The van der Waals surface area contributed by atoms with Gasteiger partial charge in [0.05, 0.1) is 5.56 Å². The minimum absolute atomic E-state index is 0.135. The Kier molecular flexibility index (Phi) is 5.70. The van der Waals surface area contributed by atoms with Crippen LogP contribution in [0.4, 0.5) is 13.6 Å². The van der Waals surface area contributed by atoms with Crippen LogP contribution in [0, 0.1) is 11.6 Å². The van der Waals surface area contributed by atoms with Gasteiger partial charge >= 0.3 is 6.09 Å². The lowest BCUT2D eigenvalue weighted by Gasteiger charge is -2.29. The normalized spacial score (nSPS) is 15.1. The number of aromatic nitrogens is 1. The topological polar surface area (TPSA) is 62.7 Å². The number of carboxylic acid groups (broad SMARTS) is 1. The maximum atomic E-state index is 13.9. The average Bonchev–Trinajstić information content (AvgIpc) is 2.61. The second kappa shape index (κ2) is 7.99. The van der Waals surface area contributed by atoms with Gasteiger partial charge in [0, 0.05) is 35.2 Å². The Morgan fingerprint density at radius 2 is 1.92 bits per heavy atom. The molecule has 1 amide bonds. The average molecular weight is 427 g/mol. The van der Waals surface area contributed by atoms with Gasteiger partial charge in [0.25, 0.3) is 0 Å². The Morgan fingerprint density at radius 3 is 2.54 bits per heavy atom. The highest BCUT2D eigenvalue weighted by Crippen LogP contribution is 2.28. The van der Waals surface area contributed by atoms with Crippen molar-refractivity contribution in [2.45, 2.75) is 25.4 Å². The number of ether oxygens (including phenoxy) is 1. The predicted molar refractivity (Wildman–Crippen MR) is 94.2 cm³/mol. The molecule has 1 aromatic heterocycles. The van der Waals surface area contributed by atoms with Crippen molar-refractivity contribution in [3.8, 4) is 5.88 Å². The van der Waals surface area contributed by atoms with E-state index < -0.39 is 17.7 Å². The first-order chi connectivity index (χ1) is 12.4. The molecule has 5 nitrogen and oxygen atoms in total. The van der Waals surface area contributed by atoms with Crippen molar-refractivity contribution in [2.24, 2.45) is 0 Å². The molecule has 2 heterocycles. The van der Waals surface area contributed by atoms with Crippen LogP contribution in [0.1, 0.15) is 30.0 Å². The zero-order valence-corrected chi connectivity index (χ0v) is 15.4. The number of rotatable bonds is 4. The van der Waals surface area contributed by atoms with Crippen molar-refractivity contribution in [1.82, 2.24) is 9.88 Å². The molecule has 1 aromatic carbocycles. The Hall–Kier alpha value is -2.22. The molecule has 1 aliphatic heterocycles. The van der Waals surface area contributed by atoms with E-state index in [0.717, 1.165) is 5.69 Å². The first-order valence-electron chi connectivity index (χ1n) is 8.15. The monoisotopic (exact) mass is 426 g/mol. The van der Waals surface area contributed by atoms with Crippen molar-refractivity contribution in [2.75, 3.05) is 13.1 Å². The zero-order valence-electron chi connectivity index (χ0n) is 13.8. The summed E-state index contributed by atoms with van der Waals surface area (Å²) in [6, 6.07) is 7.62. The molecular formula is C18H17BrF2N2O3. The molecule has 0 atom stereocenters. The van der Waals surface area contributed by atoms with Gasteiger partial charge in [-0.25, -0.2) is 18.6 Å². The third-order valence-electron chi connectivity index (χ3n) is 4.40. The number of likely N-dealkylation sites (tertiary alicyclic amines) is 1. The van der Waals surface area contributed by atoms with Crippen LogP contribution in [0.2, 0.25) is 0 Å². The fraction of sp³-hybridized carbons (Fsp3) is 0.333. The molecule has 0 unspecified atom stereocenters. The molecule has 0 bridgehead atoms. The molecule has 1 N–H and O–H groups in total. The summed E-state index contributed by atoms with van der Waals surface area (Å²) in [5.74, 6) is -0.955. The molecule has 138 valence electrons. The van der Waals surface area contributed by atoms with Gasteiger partial charge in [-0.2, -0.15) is 0 Å².